The summed E-state index contributed by atoms with van der Waals surface area (Å²) in [5.74, 6) is 0. The number of hydrogen-bond donors (Lipinski definition) is 0. The fraction of sp³-hybridized carbons (Fsp3) is 0.400. The molecular formula is C60Cl24. The van der Waals surface area contributed by atoms with Gasteiger partial charge >= 0.3 is 0 Å². The largest absolute Gasteiger partial charge is 0.116 e. The maximum atomic E-state index is 9.50. The summed E-state index contributed by atoms with van der Waals surface area (Å²) in [6, 6.07) is 0. The molecular weight excluding hydrogens is 1570 g/mol. The molecule has 0 unspecified atom stereocenters. The minimum Gasteiger partial charge on any atom is -0.104 e. The first kappa shape index (κ1) is 46.4. The molecule has 0 radical (unpaired) electrons. The summed E-state index contributed by atoms with van der Waals surface area (Å²) in [4.78, 5) is -50.5. The average molecular weight is 1570 g/mol. The molecule has 0 atom stereocenters. The summed E-state index contributed by atoms with van der Waals surface area (Å²) >= 11 is 228. The third-order valence-corrected chi connectivity index (χ3v) is 42.9. The summed E-state index contributed by atoms with van der Waals surface area (Å²) in [6.45, 7) is 0. The summed E-state index contributed by atoms with van der Waals surface area (Å²) in [5.41, 5.74) is 11.2. The molecule has 84 heavy (non-hydrogen) atoms. The SMILES string of the molecule is ClC12C3=C4C5(Cl)C6=C7C8(Cl)C9=C%10C(Cl)(C%11=C1C1(Cl)C%12=C%13C%14(Cl)C%15=C%16C%17(Cl)C%18=C(C%10(Cl)C%10=C%19C%18(Cl)C%18=C%20C%19(Cl)C%19=C(C9%10Cl)C7(Cl)C7=C9C6(Cl)C6=C%10C9(Cl)C9=C(C%197Cl)C%20(Cl)C7=C(C%15(Cl)C%15=C(C%10(Cl)C(=C(C3%12Cl)C46Cl)C%13%15Cl)C97Cl)C%16%18Cl)C%11(Cl)C%17=C1%14)C2=C58. The Kier molecular flexibility index (Phi) is 5.18. The molecule has 0 saturated heterocycles. The van der Waals surface area contributed by atoms with Crippen molar-refractivity contribution in [3.63, 3.8) is 0 Å². The maximum Gasteiger partial charge on any atom is 0.116 e. The molecule has 0 N–H and O–H groups in total. The highest BCUT2D eigenvalue weighted by molar-refractivity contribution is 6.68. The lowest BCUT2D eigenvalue weighted by Crippen LogP contribution is -2.63. The fourth-order valence-electron chi connectivity index (χ4n) is 29.9. The van der Waals surface area contributed by atoms with Gasteiger partial charge < -0.3 is 0 Å². The van der Waals surface area contributed by atoms with Crippen LogP contribution in [0.4, 0.5) is 0 Å². The van der Waals surface area contributed by atoms with Gasteiger partial charge in [-0.1, -0.05) is 0 Å². The van der Waals surface area contributed by atoms with Gasteiger partial charge in [-0.25, -0.2) is 0 Å². The number of alkyl halides is 24. The van der Waals surface area contributed by atoms with Gasteiger partial charge in [0.2, 0.25) is 0 Å². The van der Waals surface area contributed by atoms with E-state index in [0.29, 0.717) is 134 Å². The molecule has 0 nitrogen and oxygen atoms in total. The molecule has 0 aromatic heterocycles. The first-order chi connectivity index (χ1) is 38.8. The van der Waals surface area contributed by atoms with Crippen molar-refractivity contribution in [3.05, 3.63) is 201 Å². The molecule has 8 saturated carbocycles. The summed E-state index contributed by atoms with van der Waals surface area (Å²) in [5, 5.41) is 0. The fourth-order valence-corrected chi connectivity index (χ4v) is 48.7. The van der Waals surface area contributed by atoms with Gasteiger partial charge in [0.1, 0.15) is 117 Å². The Morgan fingerprint density at radius 1 is 0.0714 bits per heavy atom. The molecule has 32 aliphatic rings. The van der Waals surface area contributed by atoms with Crippen molar-refractivity contribution in [3.8, 4) is 0 Å². The first-order valence-electron chi connectivity index (χ1n) is 27.0. The second kappa shape index (κ2) is 9.37. The normalized spacial score (nSPS) is 71.1. The van der Waals surface area contributed by atoms with Crippen LogP contribution in [0.1, 0.15) is 0 Å². The highest BCUT2D eigenvalue weighted by Gasteiger charge is 3.09. The van der Waals surface area contributed by atoms with E-state index in [9.17, 15) is 278 Å². The Hall–Kier alpha value is 2.28. The quantitative estimate of drug-likeness (QED) is 0.168. The zero-order chi connectivity index (χ0) is 56.8. The van der Waals surface area contributed by atoms with E-state index in [1.165, 1.54) is 0 Å². The highest BCUT2D eigenvalue weighted by Crippen LogP contribution is 3.09. The number of rotatable bonds is 0. The molecule has 0 amide bonds. The van der Waals surface area contributed by atoms with Crippen molar-refractivity contribution in [1.82, 2.24) is 0 Å². The van der Waals surface area contributed by atoms with E-state index in [2.05, 4.69) is 0 Å². The van der Waals surface area contributed by atoms with Crippen LogP contribution in [0.5, 0.6) is 0 Å². The van der Waals surface area contributed by atoms with Gasteiger partial charge in [0.05, 0.1) is 0 Å². The maximum absolute atomic E-state index is 9.50. The van der Waals surface area contributed by atoms with E-state index in [0.717, 1.165) is 0 Å². The number of hydrogen-bond acceptors (Lipinski definition) is 0. The third kappa shape index (κ3) is 2.28. The Labute approximate surface area is 588 Å². The molecule has 32 rings (SSSR count). The van der Waals surface area contributed by atoms with Gasteiger partial charge in [-0.3, -0.25) is 0 Å². The summed E-state index contributed by atoms with van der Waals surface area (Å²) in [7, 11) is 0. The zero-order valence-electron chi connectivity index (χ0n) is 39.1. The van der Waals surface area contributed by atoms with E-state index >= 15 is 0 Å². The molecule has 408 valence electrons. The lowest BCUT2D eigenvalue weighted by atomic mass is 9.52. The van der Waals surface area contributed by atoms with Crippen LogP contribution in [0.2, 0.25) is 0 Å². The van der Waals surface area contributed by atoms with Gasteiger partial charge in [-0.15, -0.1) is 278 Å². The van der Waals surface area contributed by atoms with Crippen LogP contribution in [0.15, 0.2) is 201 Å². The monoisotopic (exact) mass is 1560 g/mol. The van der Waals surface area contributed by atoms with Gasteiger partial charge in [0.15, 0.2) is 0 Å². The molecule has 0 aromatic rings. The van der Waals surface area contributed by atoms with Crippen LogP contribution in [-0.2, 0) is 0 Å². The van der Waals surface area contributed by atoms with E-state index < -0.39 is 117 Å². The number of halogens is 24. The topological polar surface area (TPSA) is 0 Å². The van der Waals surface area contributed by atoms with Crippen molar-refractivity contribution in [1.29, 1.82) is 0 Å². The van der Waals surface area contributed by atoms with Crippen molar-refractivity contribution in [2.45, 2.75) is 117 Å². The van der Waals surface area contributed by atoms with Gasteiger partial charge in [-0.2, -0.15) is 0 Å². The van der Waals surface area contributed by atoms with Crippen molar-refractivity contribution in [2.75, 3.05) is 0 Å². The Morgan fingerprint density at radius 3 is 0.119 bits per heavy atom. The van der Waals surface area contributed by atoms with Crippen LogP contribution < -0.4 is 0 Å². The van der Waals surface area contributed by atoms with Crippen LogP contribution in [0, 0.1) is 0 Å². The van der Waals surface area contributed by atoms with Crippen LogP contribution >= 0.6 is 278 Å². The smallest absolute Gasteiger partial charge is 0.104 e. The molecule has 0 bridgehead atoms. The zero-order valence-corrected chi connectivity index (χ0v) is 57.2. The van der Waals surface area contributed by atoms with Crippen molar-refractivity contribution < 1.29 is 0 Å². The van der Waals surface area contributed by atoms with E-state index in [4.69, 9.17) is 0 Å². The summed E-state index contributed by atoms with van der Waals surface area (Å²) in [6.07, 6.45) is 0. The average Bonchev–Trinajstić information content (AvgIpc) is 1.34. The van der Waals surface area contributed by atoms with Crippen LogP contribution in [-0.4, -0.2) is 117 Å². The van der Waals surface area contributed by atoms with Gasteiger partial charge in [-0.05, 0) is 201 Å². The second-order valence-corrected chi connectivity index (χ2v) is 42.9. The summed E-state index contributed by atoms with van der Waals surface area (Å²) < 4.78 is 0. The second-order valence-electron chi connectivity index (χ2n) is 29.3. The molecule has 0 aliphatic heterocycles. The predicted molar refractivity (Wildman–Crippen MR) is 332 cm³/mol. The first-order valence-corrected chi connectivity index (χ1v) is 36.1. The van der Waals surface area contributed by atoms with Crippen LogP contribution in [0.3, 0.4) is 0 Å². The van der Waals surface area contributed by atoms with Gasteiger partial charge in [0, 0.05) is 0 Å². The molecule has 32 aliphatic carbocycles. The van der Waals surface area contributed by atoms with Gasteiger partial charge in [0.25, 0.3) is 0 Å². The molecule has 0 aromatic carbocycles. The highest BCUT2D eigenvalue weighted by atomic mass is 35.5. The van der Waals surface area contributed by atoms with Crippen molar-refractivity contribution >= 4 is 278 Å². The molecule has 24 heteroatoms. The van der Waals surface area contributed by atoms with E-state index in [1.54, 1.807) is 0 Å². The Morgan fingerprint density at radius 2 is 0.0952 bits per heavy atom. The van der Waals surface area contributed by atoms with E-state index in [1.807, 2.05) is 0 Å². The predicted octanol–water partition coefficient (Wildman–Crippen LogP) is 17.2. The Bertz CT molecular complexity index is 3960. The number of allylic oxidation sites excluding steroid dienone is 36. The molecule has 8 fully saturated rings. The van der Waals surface area contributed by atoms with Crippen molar-refractivity contribution in [2.24, 2.45) is 0 Å². The lowest BCUT2D eigenvalue weighted by Gasteiger charge is -2.61. The molecule has 0 heterocycles. The van der Waals surface area contributed by atoms with E-state index in [-0.39, 0.29) is 66.9 Å². The van der Waals surface area contributed by atoms with Crippen LogP contribution in [0.25, 0.3) is 0 Å². The minimum absolute atomic E-state index is 0.286. The molecule has 0 spiro atoms. The lowest BCUT2D eigenvalue weighted by molar-refractivity contribution is 0.562. The minimum atomic E-state index is -2.10. The third-order valence-electron chi connectivity index (χ3n) is 29.3. The standard InChI is InChI=1S/C60Cl24/c61-37-1-2-39(63)7-9-48(72)16-13-43(67,28(48)25(37)39)6-4(37)41(65)3-5-42(66)11-12-47(71)10-8(40(2,64)27(47)26(42)38(1,3)62)46(7,70)31-32-50(10,74)20-22-58(32,82)21-19(49(9,31)73)54(16,78)36-35-53(13,77)15-18-55(79)17-14(44(5,68)30(55)29(41)45(6,15)69)51(11,75)33(52(12,20)76)34-56(17,80)23(57(18,35)81)24(59(22,34)83)60(21,36)84. The Balaban J connectivity index is 1.07.